The first-order valence-electron chi connectivity index (χ1n) is 7.55. The monoisotopic (exact) mass is 325 g/mol. The molecule has 1 aliphatic heterocycles. The zero-order chi connectivity index (χ0) is 16.2. The summed E-state index contributed by atoms with van der Waals surface area (Å²) >= 11 is 0. The van der Waals surface area contributed by atoms with Crippen molar-refractivity contribution in [3.05, 3.63) is 29.3 Å². The maximum absolute atomic E-state index is 12.1. The summed E-state index contributed by atoms with van der Waals surface area (Å²) in [5, 5.41) is 2.85. The lowest BCUT2D eigenvalue weighted by molar-refractivity contribution is 0.0952. The number of sulfonamides is 1. The Morgan fingerprint density at radius 3 is 2.73 bits per heavy atom. The first-order valence-corrected chi connectivity index (χ1v) is 9.16. The van der Waals surface area contributed by atoms with Crippen LogP contribution in [0.2, 0.25) is 0 Å². The van der Waals surface area contributed by atoms with Crippen LogP contribution >= 0.6 is 0 Å². The van der Waals surface area contributed by atoms with Gasteiger partial charge in [-0.25, -0.2) is 8.42 Å². The third kappa shape index (κ3) is 3.78. The molecule has 0 aromatic heterocycles. The summed E-state index contributed by atoms with van der Waals surface area (Å²) in [7, 11) is -3.19. The van der Waals surface area contributed by atoms with Gasteiger partial charge in [0.15, 0.2) is 0 Å². The number of rotatable bonds is 6. The molecule has 1 saturated heterocycles. The van der Waals surface area contributed by atoms with Crippen LogP contribution in [0.25, 0.3) is 0 Å². The molecule has 0 aliphatic carbocycles. The van der Waals surface area contributed by atoms with Crippen LogP contribution in [0, 0.1) is 6.92 Å². The number of amides is 1. The molecule has 1 fully saturated rings. The fourth-order valence-electron chi connectivity index (χ4n) is 2.55. The smallest absolute Gasteiger partial charge is 0.251 e. The molecular weight excluding hydrogens is 302 g/mol. The molecule has 22 heavy (non-hydrogen) atoms. The normalized spacial score (nSPS) is 16.7. The van der Waals surface area contributed by atoms with Crippen LogP contribution < -0.4 is 15.4 Å². The van der Waals surface area contributed by atoms with Crippen molar-refractivity contribution < 1.29 is 13.2 Å². The number of nitrogens with one attached hydrogen (secondary N) is 1. The molecule has 122 valence electrons. The highest BCUT2D eigenvalue weighted by atomic mass is 32.2. The lowest BCUT2D eigenvalue weighted by Crippen LogP contribution is -2.27. The third-order valence-electron chi connectivity index (χ3n) is 3.76. The fourth-order valence-corrected chi connectivity index (χ4v) is 4.11. The topological polar surface area (TPSA) is 92.5 Å². The van der Waals surface area contributed by atoms with Crippen LogP contribution in [0.15, 0.2) is 18.2 Å². The van der Waals surface area contributed by atoms with Crippen molar-refractivity contribution in [2.24, 2.45) is 5.73 Å². The van der Waals surface area contributed by atoms with Crippen LogP contribution in [-0.4, -0.2) is 39.7 Å². The number of nitrogens with two attached hydrogens (primary N) is 1. The van der Waals surface area contributed by atoms with Crippen molar-refractivity contribution in [2.45, 2.75) is 26.2 Å². The van der Waals surface area contributed by atoms with Gasteiger partial charge in [-0.05, 0) is 56.5 Å². The number of benzene rings is 1. The van der Waals surface area contributed by atoms with Crippen LogP contribution in [0.5, 0.6) is 0 Å². The van der Waals surface area contributed by atoms with Gasteiger partial charge in [0, 0.05) is 18.7 Å². The predicted octanol–water partition coefficient (Wildman–Crippen LogP) is 1.00. The molecule has 0 atom stereocenters. The molecule has 1 heterocycles. The molecular formula is C15H23N3O3S. The number of anilines is 1. The minimum absolute atomic E-state index is 0.134. The second kappa shape index (κ2) is 7.11. The van der Waals surface area contributed by atoms with Gasteiger partial charge in [0.05, 0.1) is 11.4 Å². The Morgan fingerprint density at radius 1 is 1.36 bits per heavy atom. The SMILES string of the molecule is Cc1cc(N2CCCS2(=O)=O)ccc1C(=O)NCCCCN. The van der Waals surface area contributed by atoms with Crippen LogP contribution in [0.3, 0.4) is 0 Å². The Bertz CT molecular complexity index is 643. The second-order valence-corrected chi connectivity index (χ2v) is 7.51. The number of aryl methyl sites for hydroxylation is 1. The quantitative estimate of drug-likeness (QED) is 0.763. The molecule has 3 N–H and O–H groups in total. The van der Waals surface area contributed by atoms with Crippen LogP contribution in [0.4, 0.5) is 5.69 Å². The van der Waals surface area contributed by atoms with E-state index < -0.39 is 10.0 Å². The summed E-state index contributed by atoms with van der Waals surface area (Å²) < 4.78 is 25.3. The van der Waals surface area contributed by atoms with E-state index in [0.717, 1.165) is 18.4 Å². The van der Waals surface area contributed by atoms with Crippen molar-refractivity contribution in [1.29, 1.82) is 0 Å². The van der Waals surface area contributed by atoms with Gasteiger partial charge in [0.25, 0.3) is 5.91 Å². The summed E-state index contributed by atoms with van der Waals surface area (Å²) in [5.41, 5.74) is 7.40. The van der Waals surface area contributed by atoms with Crippen molar-refractivity contribution in [3.8, 4) is 0 Å². The molecule has 0 unspecified atom stereocenters. The van der Waals surface area contributed by atoms with Crippen LogP contribution in [0.1, 0.15) is 35.2 Å². The highest BCUT2D eigenvalue weighted by molar-refractivity contribution is 7.93. The van der Waals surface area contributed by atoms with E-state index in [0.29, 0.717) is 37.3 Å². The molecule has 0 radical (unpaired) electrons. The Hall–Kier alpha value is -1.60. The Balaban J connectivity index is 2.08. The minimum Gasteiger partial charge on any atom is -0.352 e. The van der Waals surface area contributed by atoms with Crippen LogP contribution in [-0.2, 0) is 10.0 Å². The number of carbonyl (C=O) groups excluding carboxylic acids is 1. The summed E-state index contributed by atoms with van der Waals surface area (Å²) in [5.74, 6) is 0.0560. The first kappa shape index (κ1) is 16.8. The lowest BCUT2D eigenvalue weighted by Gasteiger charge is -2.18. The van der Waals surface area contributed by atoms with E-state index in [1.165, 1.54) is 4.31 Å². The Morgan fingerprint density at radius 2 is 2.14 bits per heavy atom. The van der Waals surface area contributed by atoms with Gasteiger partial charge in [-0.15, -0.1) is 0 Å². The molecule has 1 amide bonds. The molecule has 0 bridgehead atoms. The third-order valence-corrected chi connectivity index (χ3v) is 5.63. The van der Waals surface area contributed by atoms with Crippen molar-refractivity contribution >= 4 is 21.6 Å². The number of unbranched alkanes of at least 4 members (excludes halogenated alkanes) is 1. The van der Waals surface area contributed by atoms with E-state index >= 15 is 0 Å². The Labute approximate surface area is 131 Å². The predicted molar refractivity (Wildman–Crippen MR) is 87.6 cm³/mol. The van der Waals surface area contributed by atoms with Gasteiger partial charge < -0.3 is 11.1 Å². The molecule has 0 saturated carbocycles. The summed E-state index contributed by atoms with van der Waals surface area (Å²) in [6.45, 7) is 3.54. The van der Waals surface area contributed by atoms with E-state index in [2.05, 4.69) is 5.32 Å². The summed E-state index contributed by atoms with van der Waals surface area (Å²) in [4.78, 5) is 12.1. The van der Waals surface area contributed by atoms with Gasteiger partial charge in [-0.2, -0.15) is 0 Å². The molecule has 1 aromatic carbocycles. The number of nitrogens with zero attached hydrogens (tertiary/aromatic N) is 1. The highest BCUT2D eigenvalue weighted by Gasteiger charge is 2.28. The van der Waals surface area contributed by atoms with Gasteiger partial charge in [0.2, 0.25) is 10.0 Å². The molecule has 1 aromatic rings. The fraction of sp³-hybridized carbons (Fsp3) is 0.533. The lowest BCUT2D eigenvalue weighted by atomic mass is 10.1. The minimum atomic E-state index is -3.19. The van der Waals surface area contributed by atoms with E-state index in [1.807, 2.05) is 6.92 Å². The van der Waals surface area contributed by atoms with Crippen molar-refractivity contribution in [3.63, 3.8) is 0 Å². The maximum atomic E-state index is 12.1. The Kier molecular flexibility index (Phi) is 5.42. The zero-order valence-electron chi connectivity index (χ0n) is 12.8. The largest absolute Gasteiger partial charge is 0.352 e. The molecule has 0 spiro atoms. The maximum Gasteiger partial charge on any atom is 0.251 e. The van der Waals surface area contributed by atoms with Gasteiger partial charge in [-0.1, -0.05) is 0 Å². The van der Waals surface area contributed by atoms with E-state index in [9.17, 15) is 13.2 Å². The number of hydrogen-bond acceptors (Lipinski definition) is 4. The van der Waals surface area contributed by atoms with E-state index in [-0.39, 0.29) is 11.7 Å². The van der Waals surface area contributed by atoms with Gasteiger partial charge in [0.1, 0.15) is 0 Å². The standard InChI is InChI=1S/C15H23N3O3S/c1-12-11-13(18-9-4-10-22(18,20)21)5-6-14(12)15(19)17-8-3-2-7-16/h5-6,11H,2-4,7-10,16H2,1H3,(H,17,19). The molecule has 6 nitrogen and oxygen atoms in total. The summed E-state index contributed by atoms with van der Waals surface area (Å²) in [6.07, 6.45) is 2.38. The second-order valence-electron chi connectivity index (χ2n) is 5.49. The zero-order valence-corrected chi connectivity index (χ0v) is 13.7. The number of hydrogen-bond donors (Lipinski definition) is 2. The average Bonchev–Trinajstić information content (AvgIpc) is 2.82. The van der Waals surface area contributed by atoms with E-state index in [4.69, 9.17) is 5.73 Å². The van der Waals surface area contributed by atoms with Crippen molar-refractivity contribution in [1.82, 2.24) is 5.32 Å². The molecule has 2 rings (SSSR count). The van der Waals surface area contributed by atoms with Gasteiger partial charge in [-0.3, -0.25) is 9.10 Å². The molecule has 1 aliphatic rings. The first-order chi connectivity index (χ1) is 10.5. The van der Waals surface area contributed by atoms with E-state index in [1.54, 1.807) is 18.2 Å². The van der Waals surface area contributed by atoms with Gasteiger partial charge >= 0.3 is 0 Å². The van der Waals surface area contributed by atoms with Crippen molar-refractivity contribution in [2.75, 3.05) is 29.7 Å². The summed E-state index contributed by atoms with van der Waals surface area (Å²) in [6, 6.07) is 5.15. The average molecular weight is 325 g/mol. The number of carbonyl (C=O) groups is 1. The highest BCUT2D eigenvalue weighted by Crippen LogP contribution is 2.26. The molecule has 7 heteroatoms.